The lowest BCUT2D eigenvalue weighted by Gasteiger charge is -2.60. The second-order valence-corrected chi connectivity index (χ2v) is 6.72. The SMILES string of the molecule is CC12CC3CC(C1)CC(C)(C3)C2.NC=O. The van der Waals surface area contributed by atoms with E-state index in [1.54, 1.807) is 32.1 Å². The van der Waals surface area contributed by atoms with Gasteiger partial charge in [-0.3, -0.25) is 4.79 Å². The summed E-state index contributed by atoms with van der Waals surface area (Å²) in [4.78, 5) is 8.58. The van der Waals surface area contributed by atoms with Crippen LogP contribution in [0.15, 0.2) is 0 Å². The molecule has 4 bridgehead atoms. The number of amides is 1. The number of rotatable bonds is 0. The highest BCUT2D eigenvalue weighted by Gasteiger charge is 2.53. The Labute approximate surface area is 92.6 Å². The minimum absolute atomic E-state index is 0.250. The summed E-state index contributed by atoms with van der Waals surface area (Å²) in [6, 6.07) is 0. The Hall–Kier alpha value is -0.530. The Morgan fingerprint density at radius 3 is 1.67 bits per heavy atom. The summed E-state index contributed by atoms with van der Waals surface area (Å²) in [5.41, 5.74) is 5.69. The van der Waals surface area contributed by atoms with Gasteiger partial charge in [0, 0.05) is 0 Å². The van der Waals surface area contributed by atoms with E-state index >= 15 is 0 Å². The van der Waals surface area contributed by atoms with Gasteiger partial charge >= 0.3 is 0 Å². The lowest BCUT2D eigenvalue weighted by Crippen LogP contribution is -2.49. The van der Waals surface area contributed by atoms with Crippen molar-refractivity contribution in [2.45, 2.75) is 52.4 Å². The summed E-state index contributed by atoms with van der Waals surface area (Å²) in [6.45, 7) is 5.09. The van der Waals surface area contributed by atoms with E-state index in [1.807, 2.05) is 0 Å². The molecule has 0 aromatic heterocycles. The fraction of sp³-hybridized carbons (Fsp3) is 0.923. The highest BCUT2D eigenvalue weighted by molar-refractivity contribution is 5.42. The van der Waals surface area contributed by atoms with Gasteiger partial charge in [0.2, 0.25) is 6.41 Å². The van der Waals surface area contributed by atoms with Crippen molar-refractivity contribution in [2.24, 2.45) is 28.4 Å². The number of carbonyl (C=O) groups excluding carboxylic acids is 1. The first kappa shape index (κ1) is 11.0. The molecule has 0 saturated heterocycles. The molecule has 0 aromatic carbocycles. The molecule has 86 valence electrons. The van der Waals surface area contributed by atoms with Crippen LogP contribution in [-0.2, 0) is 4.79 Å². The van der Waals surface area contributed by atoms with Crippen molar-refractivity contribution >= 4 is 6.41 Å². The van der Waals surface area contributed by atoms with Crippen LogP contribution >= 0.6 is 0 Å². The zero-order valence-corrected chi connectivity index (χ0v) is 9.96. The molecule has 15 heavy (non-hydrogen) atoms. The third kappa shape index (κ3) is 2.04. The maximum Gasteiger partial charge on any atom is 0.204 e. The first-order valence-corrected chi connectivity index (χ1v) is 6.14. The molecule has 2 N–H and O–H groups in total. The van der Waals surface area contributed by atoms with Crippen molar-refractivity contribution in [3.63, 3.8) is 0 Å². The van der Waals surface area contributed by atoms with Crippen molar-refractivity contribution < 1.29 is 4.79 Å². The highest BCUT2D eigenvalue weighted by atomic mass is 16.1. The van der Waals surface area contributed by atoms with Crippen molar-refractivity contribution in [1.82, 2.24) is 0 Å². The van der Waals surface area contributed by atoms with Crippen LogP contribution < -0.4 is 5.73 Å². The number of hydrogen-bond acceptors (Lipinski definition) is 1. The molecule has 0 unspecified atom stereocenters. The molecule has 2 heteroatoms. The van der Waals surface area contributed by atoms with Crippen LogP contribution in [0.3, 0.4) is 0 Å². The summed E-state index contributed by atoms with van der Waals surface area (Å²) in [5, 5.41) is 0. The van der Waals surface area contributed by atoms with Crippen molar-refractivity contribution in [3.05, 3.63) is 0 Å². The standard InChI is InChI=1S/C12H20.CH3NO/c1-11-4-9-3-10(5-11)7-12(2,6-9)8-11;2-1-3/h9-10H,3-8H2,1-2H3;1H,(H2,2,3). The van der Waals surface area contributed by atoms with Crippen LogP contribution in [0.4, 0.5) is 0 Å². The molecule has 4 fully saturated rings. The minimum Gasteiger partial charge on any atom is -0.372 e. The molecule has 2 nitrogen and oxygen atoms in total. The molecular weight excluding hydrogens is 186 g/mol. The Kier molecular flexibility index (Phi) is 2.56. The Balaban J connectivity index is 0.000000258. The number of hydrogen-bond donors (Lipinski definition) is 1. The van der Waals surface area contributed by atoms with E-state index in [2.05, 4.69) is 19.6 Å². The largest absolute Gasteiger partial charge is 0.372 e. The maximum absolute atomic E-state index is 8.58. The lowest BCUT2D eigenvalue weighted by molar-refractivity contribution is -0.106. The second-order valence-electron chi connectivity index (χ2n) is 6.72. The molecule has 0 spiro atoms. The zero-order chi connectivity index (χ0) is 11.1. The molecule has 0 aliphatic heterocycles. The Bertz CT molecular complexity index is 227. The molecule has 0 atom stereocenters. The predicted molar refractivity (Wildman–Crippen MR) is 61.1 cm³/mol. The number of carbonyl (C=O) groups is 1. The van der Waals surface area contributed by atoms with Crippen LogP contribution in [0.25, 0.3) is 0 Å². The zero-order valence-electron chi connectivity index (χ0n) is 9.96. The smallest absolute Gasteiger partial charge is 0.204 e. The van der Waals surface area contributed by atoms with Gasteiger partial charge in [-0.05, 0) is 61.2 Å². The molecule has 0 radical (unpaired) electrons. The summed E-state index contributed by atoms with van der Waals surface area (Å²) >= 11 is 0. The van der Waals surface area contributed by atoms with E-state index in [9.17, 15) is 0 Å². The normalized spacial score (nSPS) is 50.8. The molecule has 1 amide bonds. The lowest BCUT2D eigenvalue weighted by atomic mass is 9.45. The molecule has 0 aromatic rings. The predicted octanol–water partition coefficient (Wildman–Crippen LogP) is 2.71. The van der Waals surface area contributed by atoms with Crippen LogP contribution in [-0.4, -0.2) is 6.41 Å². The summed E-state index contributed by atoms with van der Waals surface area (Å²) in [6.07, 6.45) is 9.58. The number of nitrogens with two attached hydrogens (primary N) is 1. The monoisotopic (exact) mass is 209 g/mol. The molecule has 4 aliphatic carbocycles. The molecule has 4 aliphatic rings. The van der Waals surface area contributed by atoms with E-state index in [4.69, 9.17) is 4.79 Å². The first-order valence-electron chi connectivity index (χ1n) is 6.14. The first-order chi connectivity index (χ1) is 6.99. The van der Waals surface area contributed by atoms with Crippen molar-refractivity contribution in [1.29, 1.82) is 0 Å². The van der Waals surface area contributed by atoms with E-state index in [0.717, 1.165) is 22.7 Å². The van der Waals surface area contributed by atoms with Crippen LogP contribution in [0.5, 0.6) is 0 Å². The topological polar surface area (TPSA) is 43.1 Å². The molecule has 4 rings (SSSR count). The quantitative estimate of drug-likeness (QED) is 0.612. The summed E-state index contributed by atoms with van der Waals surface area (Å²) < 4.78 is 0. The van der Waals surface area contributed by atoms with Crippen LogP contribution in [0, 0.1) is 22.7 Å². The minimum atomic E-state index is 0.250. The van der Waals surface area contributed by atoms with Crippen LogP contribution in [0.1, 0.15) is 52.4 Å². The second kappa shape index (κ2) is 3.50. The van der Waals surface area contributed by atoms with Gasteiger partial charge in [-0.25, -0.2) is 0 Å². The Morgan fingerprint density at radius 1 is 1.07 bits per heavy atom. The molecular formula is C13H23NO. The van der Waals surface area contributed by atoms with Crippen molar-refractivity contribution in [2.75, 3.05) is 0 Å². The van der Waals surface area contributed by atoms with E-state index < -0.39 is 0 Å². The van der Waals surface area contributed by atoms with E-state index in [0.29, 0.717) is 0 Å². The average molecular weight is 209 g/mol. The van der Waals surface area contributed by atoms with Crippen molar-refractivity contribution in [3.8, 4) is 0 Å². The third-order valence-corrected chi connectivity index (χ3v) is 4.65. The molecule has 4 saturated carbocycles. The van der Waals surface area contributed by atoms with Gasteiger partial charge in [0.15, 0.2) is 0 Å². The fourth-order valence-electron chi connectivity index (χ4n) is 5.22. The van der Waals surface area contributed by atoms with Gasteiger partial charge < -0.3 is 5.73 Å². The molecule has 0 heterocycles. The van der Waals surface area contributed by atoms with Gasteiger partial charge in [-0.15, -0.1) is 0 Å². The van der Waals surface area contributed by atoms with Gasteiger partial charge in [0.1, 0.15) is 0 Å². The van der Waals surface area contributed by atoms with E-state index in [1.165, 1.54) is 6.42 Å². The van der Waals surface area contributed by atoms with Gasteiger partial charge in [-0.2, -0.15) is 0 Å². The third-order valence-electron chi connectivity index (χ3n) is 4.65. The van der Waals surface area contributed by atoms with Gasteiger partial charge in [-0.1, -0.05) is 13.8 Å². The average Bonchev–Trinajstić information content (AvgIpc) is 1.96. The van der Waals surface area contributed by atoms with E-state index in [-0.39, 0.29) is 6.41 Å². The fourth-order valence-corrected chi connectivity index (χ4v) is 5.22. The maximum atomic E-state index is 8.58. The van der Waals surface area contributed by atoms with Gasteiger partial charge in [0.25, 0.3) is 0 Å². The summed E-state index contributed by atoms with van der Waals surface area (Å²) in [5.74, 6) is 2.22. The Morgan fingerprint density at radius 2 is 1.40 bits per heavy atom. The summed E-state index contributed by atoms with van der Waals surface area (Å²) in [7, 11) is 0. The number of primary amides is 1. The highest BCUT2D eigenvalue weighted by Crippen LogP contribution is 2.64. The van der Waals surface area contributed by atoms with Gasteiger partial charge in [0.05, 0.1) is 0 Å². The van der Waals surface area contributed by atoms with Crippen LogP contribution in [0.2, 0.25) is 0 Å².